The molecule has 0 aliphatic heterocycles. The zero-order valence-corrected chi connectivity index (χ0v) is 14.8. The lowest BCUT2D eigenvalue weighted by Crippen LogP contribution is -2.22. The first-order chi connectivity index (χ1) is 12.4. The summed E-state index contributed by atoms with van der Waals surface area (Å²) in [5, 5.41) is 5.68. The minimum atomic E-state index is -3.92. The van der Waals surface area contributed by atoms with Crippen molar-refractivity contribution < 1.29 is 22.6 Å². The first kappa shape index (κ1) is 17.7. The molecule has 0 amide bonds. The standard InChI is InChI=1S/C16H16N4O5S/c1-23-14-9-10(3-5-12(14)20-26(17,21)22)25-13-7-8-18-16-11(13)4-6-15(19-16)24-2/h3-9,20H,1-2H3,(H2,17,21,22). The van der Waals surface area contributed by atoms with Crippen LogP contribution in [0.3, 0.4) is 0 Å². The van der Waals surface area contributed by atoms with Crippen molar-refractivity contribution in [2.24, 2.45) is 5.14 Å². The van der Waals surface area contributed by atoms with Crippen LogP contribution in [0.5, 0.6) is 23.1 Å². The quantitative estimate of drug-likeness (QED) is 0.674. The van der Waals surface area contributed by atoms with Gasteiger partial charge in [0.2, 0.25) is 5.88 Å². The maximum atomic E-state index is 11.2. The number of methoxy groups -OCH3 is 2. The molecule has 0 saturated carbocycles. The molecule has 0 bridgehead atoms. The summed E-state index contributed by atoms with van der Waals surface area (Å²) in [7, 11) is -0.982. The Morgan fingerprint density at radius 2 is 1.85 bits per heavy atom. The molecule has 0 aliphatic rings. The SMILES string of the molecule is COc1ccc2c(Oc3ccc(NS(N)(=O)=O)c(OC)c3)ccnc2n1. The van der Waals surface area contributed by atoms with Crippen LogP contribution in [0.4, 0.5) is 5.69 Å². The molecule has 0 aliphatic carbocycles. The Morgan fingerprint density at radius 1 is 1.04 bits per heavy atom. The fourth-order valence-electron chi connectivity index (χ4n) is 2.29. The molecule has 136 valence electrons. The van der Waals surface area contributed by atoms with Crippen molar-refractivity contribution in [3.63, 3.8) is 0 Å². The van der Waals surface area contributed by atoms with Gasteiger partial charge in [-0.2, -0.15) is 13.4 Å². The number of fused-ring (bicyclic) bond motifs is 1. The van der Waals surface area contributed by atoms with Crippen molar-refractivity contribution in [2.75, 3.05) is 18.9 Å². The van der Waals surface area contributed by atoms with Crippen molar-refractivity contribution in [3.8, 4) is 23.1 Å². The highest BCUT2D eigenvalue weighted by molar-refractivity contribution is 7.90. The Hall–Kier alpha value is -3.11. The van der Waals surface area contributed by atoms with Crippen LogP contribution in [0.25, 0.3) is 11.0 Å². The molecule has 3 aromatic rings. The molecule has 1 aromatic carbocycles. The lowest BCUT2D eigenvalue weighted by atomic mass is 10.2. The minimum Gasteiger partial charge on any atom is -0.494 e. The zero-order chi connectivity index (χ0) is 18.7. The molecule has 0 saturated heterocycles. The number of hydrogen-bond acceptors (Lipinski definition) is 7. The Labute approximate surface area is 149 Å². The number of anilines is 1. The van der Waals surface area contributed by atoms with E-state index in [1.165, 1.54) is 26.4 Å². The largest absolute Gasteiger partial charge is 0.494 e. The maximum Gasteiger partial charge on any atom is 0.296 e. The van der Waals surface area contributed by atoms with Gasteiger partial charge in [-0.05, 0) is 24.3 Å². The van der Waals surface area contributed by atoms with Crippen LogP contribution < -0.4 is 24.1 Å². The first-order valence-corrected chi connectivity index (χ1v) is 8.90. The van der Waals surface area contributed by atoms with Crippen LogP contribution in [0.15, 0.2) is 42.6 Å². The second-order valence-corrected chi connectivity index (χ2v) is 6.44. The van der Waals surface area contributed by atoms with E-state index in [1.807, 2.05) is 0 Å². The third-order valence-electron chi connectivity index (χ3n) is 3.40. The highest BCUT2D eigenvalue weighted by Crippen LogP contribution is 2.34. The van der Waals surface area contributed by atoms with Gasteiger partial charge in [0.1, 0.15) is 17.2 Å². The van der Waals surface area contributed by atoms with Crippen molar-refractivity contribution in [1.82, 2.24) is 9.97 Å². The minimum absolute atomic E-state index is 0.202. The number of nitrogens with two attached hydrogens (primary N) is 1. The van der Waals surface area contributed by atoms with Gasteiger partial charge in [0.05, 0.1) is 25.3 Å². The van der Waals surface area contributed by atoms with Gasteiger partial charge in [-0.3, -0.25) is 4.72 Å². The molecule has 0 radical (unpaired) electrons. The second-order valence-electron chi connectivity index (χ2n) is 5.15. The fraction of sp³-hybridized carbons (Fsp3) is 0.125. The molecule has 2 heterocycles. The van der Waals surface area contributed by atoms with Crippen molar-refractivity contribution in [1.29, 1.82) is 0 Å². The first-order valence-electron chi connectivity index (χ1n) is 7.36. The van der Waals surface area contributed by atoms with E-state index < -0.39 is 10.2 Å². The number of pyridine rings is 2. The molecule has 0 fully saturated rings. The molecule has 9 nitrogen and oxygen atoms in total. The highest BCUT2D eigenvalue weighted by Gasteiger charge is 2.12. The van der Waals surface area contributed by atoms with E-state index in [0.717, 1.165) is 0 Å². The Morgan fingerprint density at radius 3 is 2.54 bits per heavy atom. The van der Waals surface area contributed by atoms with E-state index in [4.69, 9.17) is 19.3 Å². The lowest BCUT2D eigenvalue weighted by molar-refractivity contribution is 0.399. The number of ether oxygens (including phenoxy) is 3. The van der Waals surface area contributed by atoms with E-state index >= 15 is 0 Å². The normalized spacial score (nSPS) is 11.2. The van der Waals surface area contributed by atoms with E-state index in [-0.39, 0.29) is 11.4 Å². The van der Waals surface area contributed by atoms with Gasteiger partial charge in [-0.15, -0.1) is 0 Å². The van der Waals surface area contributed by atoms with Gasteiger partial charge in [0, 0.05) is 18.3 Å². The molecule has 0 atom stereocenters. The Kier molecular flexibility index (Phi) is 4.78. The Bertz CT molecular complexity index is 1060. The van der Waals surface area contributed by atoms with Crippen LogP contribution in [-0.4, -0.2) is 32.6 Å². The van der Waals surface area contributed by atoms with Crippen LogP contribution in [0, 0.1) is 0 Å². The van der Waals surface area contributed by atoms with Crippen molar-refractivity contribution in [2.45, 2.75) is 0 Å². The summed E-state index contributed by atoms with van der Waals surface area (Å²) < 4.78 is 40.7. The summed E-state index contributed by atoms with van der Waals surface area (Å²) >= 11 is 0. The van der Waals surface area contributed by atoms with Gasteiger partial charge in [0.15, 0.2) is 5.65 Å². The number of nitrogens with zero attached hydrogens (tertiary/aromatic N) is 2. The number of benzene rings is 1. The monoisotopic (exact) mass is 376 g/mol. The second kappa shape index (κ2) is 7.02. The van der Waals surface area contributed by atoms with Crippen LogP contribution in [0.1, 0.15) is 0 Å². The summed E-state index contributed by atoms with van der Waals surface area (Å²) in [6.07, 6.45) is 1.57. The average molecular weight is 376 g/mol. The number of hydrogen-bond donors (Lipinski definition) is 2. The van der Waals surface area contributed by atoms with Crippen LogP contribution in [0.2, 0.25) is 0 Å². The van der Waals surface area contributed by atoms with E-state index in [0.29, 0.717) is 28.4 Å². The predicted molar refractivity (Wildman–Crippen MR) is 95.9 cm³/mol. The lowest BCUT2D eigenvalue weighted by Gasteiger charge is -2.13. The summed E-state index contributed by atoms with van der Waals surface area (Å²) in [4.78, 5) is 8.45. The molecule has 0 unspecified atom stereocenters. The van der Waals surface area contributed by atoms with E-state index in [9.17, 15) is 8.42 Å². The third-order valence-corrected chi connectivity index (χ3v) is 3.90. The summed E-state index contributed by atoms with van der Waals surface area (Å²) in [6, 6.07) is 9.80. The maximum absolute atomic E-state index is 11.2. The Balaban J connectivity index is 1.95. The van der Waals surface area contributed by atoms with Gasteiger partial charge in [-0.25, -0.2) is 10.1 Å². The highest BCUT2D eigenvalue weighted by atomic mass is 32.2. The van der Waals surface area contributed by atoms with E-state index in [2.05, 4.69) is 14.7 Å². The predicted octanol–water partition coefficient (Wildman–Crippen LogP) is 2.05. The number of nitrogens with one attached hydrogen (secondary N) is 1. The third kappa shape index (κ3) is 3.92. The van der Waals surface area contributed by atoms with Crippen molar-refractivity contribution >= 4 is 26.9 Å². The van der Waals surface area contributed by atoms with Crippen LogP contribution in [-0.2, 0) is 10.2 Å². The molecule has 10 heteroatoms. The topological polar surface area (TPSA) is 126 Å². The van der Waals surface area contributed by atoms with Crippen molar-refractivity contribution in [3.05, 3.63) is 42.6 Å². The van der Waals surface area contributed by atoms with E-state index in [1.54, 1.807) is 30.5 Å². The molecular weight excluding hydrogens is 360 g/mol. The molecule has 26 heavy (non-hydrogen) atoms. The average Bonchev–Trinajstić information content (AvgIpc) is 2.61. The number of rotatable bonds is 6. The molecular formula is C16H16N4O5S. The summed E-state index contributed by atoms with van der Waals surface area (Å²) in [5.74, 6) is 1.67. The molecule has 2 aromatic heterocycles. The molecule has 0 spiro atoms. The smallest absolute Gasteiger partial charge is 0.296 e. The van der Waals surface area contributed by atoms with Gasteiger partial charge >= 0.3 is 0 Å². The van der Waals surface area contributed by atoms with Gasteiger partial charge < -0.3 is 14.2 Å². The van der Waals surface area contributed by atoms with Crippen LogP contribution >= 0.6 is 0 Å². The zero-order valence-electron chi connectivity index (χ0n) is 14.0. The summed E-state index contributed by atoms with van der Waals surface area (Å²) in [6.45, 7) is 0. The number of aromatic nitrogens is 2. The molecule has 3 rings (SSSR count). The van der Waals surface area contributed by atoms with Gasteiger partial charge in [-0.1, -0.05) is 0 Å². The van der Waals surface area contributed by atoms with Gasteiger partial charge in [0.25, 0.3) is 10.2 Å². The molecule has 3 N–H and O–H groups in total. The summed E-state index contributed by atoms with van der Waals surface area (Å²) in [5.41, 5.74) is 0.676. The fourth-order valence-corrected chi connectivity index (χ4v) is 2.76.